The van der Waals surface area contributed by atoms with Crippen molar-refractivity contribution in [3.8, 4) is 11.5 Å². The molecule has 0 bridgehead atoms. The molecule has 9 heteroatoms. The molecule has 0 radical (unpaired) electrons. The summed E-state index contributed by atoms with van der Waals surface area (Å²) in [6.07, 6.45) is 1.32. The van der Waals surface area contributed by atoms with Gasteiger partial charge in [-0.15, -0.1) is 24.0 Å². The number of hydrogen-bond acceptors (Lipinski definition) is 5. The molecule has 2 aromatic carbocycles. The highest BCUT2D eigenvalue weighted by Crippen LogP contribution is 2.32. The summed E-state index contributed by atoms with van der Waals surface area (Å²) < 4.78 is 36.0. The molecule has 0 amide bonds. The van der Waals surface area contributed by atoms with E-state index in [1.165, 1.54) is 0 Å². The van der Waals surface area contributed by atoms with Crippen molar-refractivity contribution in [2.24, 2.45) is 4.99 Å². The largest absolute Gasteiger partial charge is 0.490 e. The van der Waals surface area contributed by atoms with E-state index in [4.69, 9.17) is 9.47 Å². The maximum Gasteiger partial charge on any atom is 0.195 e. The predicted octanol–water partition coefficient (Wildman–Crippen LogP) is 3.85. The molecule has 170 valence electrons. The number of benzene rings is 2. The maximum atomic E-state index is 12.3. The molecule has 0 saturated heterocycles. The van der Waals surface area contributed by atoms with Crippen LogP contribution in [-0.2, 0) is 15.6 Å². The quantitative estimate of drug-likeness (QED) is 0.221. The third kappa shape index (κ3) is 8.56. The Hall–Kier alpha value is -2.01. The lowest BCUT2D eigenvalue weighted by atomic mass is 10.2. The topological polar surface area (TPSA) is 89.0 Å². The first-order chi connectivity index (χ1) is 14.6. The first-order valence-electron chi connectivity index (χ1n) is 10.2. The van der Waals surface area contributed by atoms with Crippen LogP contribution >= 0.6 is 24.0 Å². The summed E-state index contributed by atoms with van der Waals surface area (Å²) >= 11 is 0. The van der Waals surface area contributed by atoms with Gasteiger partial charge in [0.25, 0.3) is 0 Å². The predicted molar refractivity (Wildman–Crippen MR) is 136 cm³/mol. The Bertz CT molecular complexity index is 952. The third-order valence-electron chi connectivity index (χ3n) is 4.47. The van der Waals surface area contributed by atoms with Crippen LogP contribution in [0, 0.1) is 0 Å². The summed E-state index contributed by atoms with van der Waals surface area (Å²) in [5, 5.41) is 6.42. The van der Waals surface area contributed by atoms with Crippen LogP contribution in [0.5, 0.6) is 11.5 Å². The Morgan fingerprint density at radius 1 is 1.06 bits per heavy atom. The van der Waals surface area contributed by atoms with Gasteiger partial charge in [0.05, 0.1) is 24.7 Å². The number of guanidine groups is 1. The number of rotatable bonds is 8. The molecule has 2 aromatic rings. The number of aliphatic imine (C=N–C) groups is 1. The van der Waals surface area contributed by atoms with Gasteiger partial charge in [-0.3, -0.25) is 4.99 Å². The molecule has 7 nitrogen and oxygen atoms in total. The van der Waals surface area contributed by atoms with Gasteiger partial charge in [0, 0.05) is 31.3 Å². The average Bonchev–Trinajstić information content (AvgIpc) is 2.97. The molecule has 31 heavy (non-hydrogen) atoms. The summed E-state index contributed by atoms with van der Waals surface area (Å²) in [6.45, 7) is 4.37. The second-order valence-corrected chi connectivity index (χ2v) is 9.21. The molecular formula is C22H30IN3O4S. The smallest absolute Gasteiger partial charge is 0.195 e. The number of hydrogen-bond donors (Lipinski definition) is 2. The number of anilines is 1. The highest BCUT2D eigenvalue weighted by atomic mass is 127. The number of nitrogens with zero attached hydrogens (tertiary/aromatic N) is 1. The Morgan fingerprint density at radius 3 is 2.55 bits per heavy atom. The number of nitrogens with one attached hydrogen (secondary N) is 2. The lowest BCUT2D eigenvalue weighted by Crippen LogP contribution is -2.30. The van der Waals surface area contributed by atoms with Gasteiger partial charge in [-0.2, -0.15) is 0 Å². The van der Waals surface area contributed by atoms with Crippen LogP contribution < -0.4 is 20.1 Å². The highest BCUT2D eigenvalue weighted by Gasteiger charge is 2.13. The van der Waals surface area contributed by atoms with Crippen LogP contribution in [0.1, 0.15) is 25.3 Å². The monoisotopic (exact) mass is 559 g/mol. The number of ether oxygens (including phenoxy) is 2. The van der Waals surface area contributed by atoms with E-state index in [0.717, 1.165) is 23.4 Å². The Kier molecular flexibility index (Phi) is 10.4. The summed E-state index contributed by atoms with van der Waals surface area (Å²) in [7, 11) is -3.16. The molecule has 2 N–H and O–H groups in total. The van der Waals surface area contributed by atoms with Gasteiger partial charge >= 0.3 is 0 Å². The molecule has 0 atom stereocenters. The third-order valence-corrected chi connectivity index (χ3v) is 6.15. The van der Waals surface area contributed by atoms with Gasteiger partial charge in [0.15, 0.2) is 27.3 Å². The van der Waals surface area contributed by atoms with E-state index in [-0.39, 0.29) is 35.5 Å². The van der Waals surface area contributed by atoms with E-state index in [1.807, 2.05) is 55.5 Å². The summed E-state index contributed by atoms with van der Waals surface area (Å²) in [5.74, 6) is 2.22. The van der Waals surface area contributed by atoms with Crippen molar-refractivity contribution >= 4 is 45.5 Å². The van der Waals surface area contributed by atoms with E-state index in [9.17, 15) is 8.42 Å². The van der Waals surface area contributed by atoms with Crippen molar-refractivity contribution < 1.29 is 17.9 Å². The molecule has 0 spiro atoms. The normalized spacial score (nSPS) is 13.6. The number of halogens is 1. The molecule has 0 aromatic heterocycles. The van der Waals surface area contributed by atoms with Gasteiger partial charge in [-0.1, -0.05) is 30.3 Å². The van der Waals surface area contributed by atoms with Crippen molar-refractivity contribution in [1.82, 2.24) is 5.32 Å². The van der Waals surface area contributed by atoms with E-state index in [2.05, 4.69) is 15.6 Å². The molecule has 0 unspecified atom stereocenters. The molecular weight excluding hydrogens is 529 g/mol. The zero-order valence-electron chi connectivity index (χ0n) is 17.7. The van der Waals surface area contributed by atoms with Crippen LogP contribution in [0.4, 0.5) is 5.69 Å². The fourth-order valence-electron chi connectivity index (χ4n) is 3.06. The first-order valence-corrected chi connectivity index (χ1v) is 12.1. The second kappa shape index (κ2) is 12.7. The zero-order chi connectivity index (χ0) is 21.2. The fourth-order valence-corrected chi connectivity index (χ4v) is 4.47. The van der Waals surface area contributed by atoms with Gasteiger partial charge in [0.2, 0.25) is 0 Å². The van der Waals surface area contributed by atoms with Crippen LogP contribution in [0.15, 0.2) is 53.5 Å². The van der Waals surface area contributed by atoms with E-state index < -0.39 is 9.84 Å². The SMILES string of the molecule is CCNC(=NCCCS(=O)(=O)Cc1ccccc1)Nc1ccc2c(c1)OCCCO2.I. The van der Waals surface area contributed by atoms with Gasteiger partial charge in [0.1, 0.15) is 0 Å². The average molecular weight is 559 g/mol. The van der Waals surface area contributed by atoms with Gasteiger partial charge < -0.3 is 20.1 Å². The minimum Gasteiger partial charge on any atom is -0.490 e. The van der Waals surface area contributed by atoms with Crippen LogP contribution in [0.25, 0.3) is 0 Å². The van der Waals surface area contributed by atoms with Crippen LogP contribution in [-0.4, -0.2) is 46.4 Å². The summed E-state index contributed by atoms with van der Waals surface area (Å²) in [6, 6.07) is 14.9. The summed E-state index contributed by atoms with van der Waals surface area (Å²) in [4.78, 5) is 4.51. The zero-order valence-corrected chi connectivity index (χ0v) is 20.8. The van der Waals surface area contributed by atoms with Crippen molar-refractivity contribution in [1.29, 1.82) is 0 Å². The Morgan fingerprint density at radius 2 is 1.81 bits per heavy atom. The first kappa shape index (κ1) is 25.3. The van der Waals surface area contributed by atoms with E-state index >= 15 is 0 Å². The molecule has 3 rings (SSSR count). The fraction of sp³-hybridized carbons (Fsp3) is 0.409. The molecule has 1 aliphatic heterocycles. The molecule has 0 saturated carbocycles. The van der Waals surface area contributed by atoms with Crippen molar-refractivity contribution in [3.63, 3.8) is 0 Å². The van der Waals surface area contributed by atoms with Crippen LogP contribution in [0.2, 0.25) is 0 Å². The van der Waals surface area contributed by atoms with E-state index in [0.29, 0.717) is 44.4 Å². The number of sulfone groups is 1. The van der Waals surface area contributed by atoms with Gasteiger partial charge in [-0.05, 0) is 31.0 Å². The van der Waals surface area contributed by atoms with Crippen molar-refractivity contribution in [3.05, 3.63) is 54.1 Å². The van der Waals surface area contributed by atoms with Gasteiger partial charge in [-0.25, -0.2) is 8.42 Å². The Balaban J connectivity index is 0.00000341. The molecule has 1 heterocycles. The molecule has 0 aliphatic carbocycles. The number of fused-ring (bicyclic) bond motifs is 1. The van der Waals surface area contributed by atoms with Crippen molar-refractivity contribution in [2.75, 3.05) is 37.4 Å². The van der Waals surface area contributed by atoms with Crippen molar-refractivity contribution in [2.45, 2.75) is 25.5 Å². The Labute approximate surface area is 201 Å². The molecule has 1 aliphatic rings. The minimum absolute atomic E-state index is 0. The molecule has 0 fully saturated rings. The highest BCUT2D eigenvalue weighted by molar-refractivity contribution is 14.0. The second-order valence-electron chi connectivity index (χ2n) is 7.03. The standard InChI is InChI=1S/C22H29N3O4S.HI/c1-2-23-22(25-19-10-11-20-21(16-19)29-14-7-13-28-20)24-12-6-15-30(26,27)17-18-8-4-3-5-9-18;/h3-5,8-11,16H,2,6-7,12-15,17H2,1H3,(H2,23,24,25);1H. The van der Waals surface area contributed by atoms with E-state index in [1.54, 1.807) is 0 Å². The maximum absolute atomic E-state index is 12.3. The summed E-state index contributed by atoms with van der Waals surface area (Å²) in [5.41, 5.74) is 1.64. The minimum atomic E-state index is -3.16. The lowest BCUT2D eigenvalue weighted by Gasteiger charge is -2.13. The lowest BCUT2D eigenvalue weighted by molar-refractivity contribution is 0.297. The van der Waals surface area contributed by atoms with Crippen LogP contribution in [0.3, 0.4) is 0 Å².